The summed E-state index contributed by atoms with van der Waals surface area (Å²) in [6, 6.07) is 0. The normalized spacial score (nSPS) is 33.8. The van der Waals surface area contributed by atoms with Gasteiger partial charge >= 0.3 is 0 Å². The Kier molecular flexibility index (Phi) is 1.79. The second kappa shape index (κ2) is 2.77. The zero-order valence-corrected chi connectivity index (χ0v) is 6.47. The molecule has 1 saturated carbocycles. The molecule has 0 heterocycles. The summed E-state index contributed by atoms with van der Waals surface area (Å²) in [7, 11) is 0. The second-order valence-corrected chi connectivity index (χ2v) is 3.50. The molecule has 1 atom stereocenters. The molecule has 1 radical (unpaired) electrons. The molecule has 55 valence electrons. The highest BCUT2D eigenvalue weighted by Gasteiger charge is 2.25. The minimum absolute atomic E-state index is 0.985. The van der Waals surface area contributed by atoms with Crippen LogP contribution in [0.25, 0.3) is 0 Å². The molecule has 0 aromatic carbocycles. The van der Waals surface area contributed by atoms with Crippen LogP contribution in [0.3, 0.4) is 0 Å². The molecular weight excluding hydrogens is 120 g/mol. The highest BCUT2D eigenvalue weighted by atomic mass is 14.3. The monoisotopic (exact) mass is 135 g/mol. The van der Waals surface area contributed by atoms with E-state index in [1.54, 1.807) is 5.92 Å². The van der Waals surface area contributed by atoms with Gasteiger partial charge in [0, 0.05) is 5.92 Å². The van der Waals surface area contributed by atoms with Crippen LogP contribution >= 0.6 is 0 Å². The predicted molar refractivity (Wildman–Crippen MR) is 43.6 cm³/mol. The zero-order valence-electron chi connectivity index (χ0n) is 6.47. The first kappa shape index (κ1) is 6.45. The van der Waals surface area contributed by atoms with Gasteiger partial charge in [-0.05, 0) is 38.0 Å². The predicted octanol–water partition coefficient (Wildman–Crippen LogP) is 3.10. The van der Waals surface area contributed by atoms with E-state index in [2.05, 4.69) is 12.2 Å². The van der Waals surface area contributed by atoms with Crippen molar-refractivity contribution in [3.63, 3.8) is 0 Å². The zero-order chi connectivity index (χ0) is 6.81. The van der Waals surface area contributed by atoms with Crippen molar-refractivity contribution < 1.29 is 0 Å². The lowest BCUT2D eigenvalue weighted by Crippen LogP contribution is -2.00. The number of hydrogen-bond donors (Lipinski definition) is 0. The molecule has 10 heavy (non-hydrogen) atoms. The molecule has 0 aliphatic heterocycles. The van der Waals surface area contributed by atoms with Gasteiger partial charge in [0.2, 0.25) is 0 Å². The van der Waals surface area contributed by atoms with Gasteiger partial charge in [-0.3, -0.25) is 0 Å². The third kappa shape index (κ3) is 1.12. The fraction of sp³-hybridized carbons (Fsp3) is 0.700. The van der Waals surface area contributed by atoms with Crippen molar-refractivity contribution in [3.05, 3.63) is 18.1 Å². The van der Waals surface area contributed by atoms with Gasteiger partial charge in [0.05, 0.1) is 0 Å². The first-order chi connectivity index (χ1) is 4.97. The number of allylic oxidation sites excluding steroid dienone is 2. The van der Waals surface area contributed by atoms with Crippen molar-refractivity contribution in [3.8, 4) is 0 Å². The molecule has 2 aliphatic rings. The third-order valence-corrected chi connectivity index (χ3v) is 2.80. The maximum Gasteiger partial charge on any atom is 0.000354 e. The van der Waals surface area contributed by atoms with Gasteiger partial charge in [0.1, 0.15) is 0 Å². The van der Waals surface area contributed by atoms with Crippen molar-refractivity contribution >= 4 is 0 Å². The van der Waals surface area contributed by atoms with E-state index in [-0.39, 0.29) is 0 Å². The van der Waals surface area contributed by atoms with Crippen molar-refractivity contribution in [2.75, 3.05) is 0 Å². The Morgan fingerprint density at radius 3 is 3.10 bits per heavy atom. The van der Waals surface area contributed by atoms with Crippen molar-refractivity contribution in [2.24, 2.45) is 5.92 Å². The Balaban J connectivity index is 2.06. The van der Waals surface area contributed by atoms with Crippen molar-refractivity contribution in [1.29, 1.82) is 0 Å². The van der Waals surface area contributed by atoms with Crippen LogP contribution in [0.5, 0.6) is 0 Å². The molecule has 1 unspecified atom stereocenters. The summed E-state index contributed by atoms with van der Waals surface area (Å²) in [5.41, 5.74) is 0. The van der Waals surface area contributed by atoms with Crippen LogP contribution in [0.15, 0.2) is 12.2 Å². The Hall–Kier alpha value is -0.260. The van der Waals surface area contributed by atoms with Crippen LogP contribution in [0.1, 0.15) is 38.5 Å². The topological polar surface area (TPSA) is 0 Å². The Labute approximate surface area is 63.3 Å². The second-order valence-electron chi connectivity index (χ2n) is 3.50. The first-order valence-electron chi connectivity index (χ1n) is 4.49. The fourth-order valence-electron chi connectivity index (χ4n) is 2.21. The van der Waals surface area contributed by atoms with E-state index in [0.29, 0.717) is 0 Å². The molecule has 0 nitrogen and oxygen atoms in total. The minimum atomic E-state index is 0.985. The van der Waals surface area contributed by atoms with E-state index in [9.17, 15) is 0 Å². The van der Waals surface area contributed by atoms with E-state index in [4.69, 9.17) is 0 Å². The number of rotatable bonds is 0. The average molecular weight is 135 g/mol. The van der Waals surface area contributed by atoms with E-state index in [1.165, 1.54) is 38.5 Å². The summed E-state index contributed by atoms with van der Waals surface area (Å²) in [6.45, 7) is 0. The molecule has 0 heteroatoms. The molecule has 2 rings (SSSR count). The van der Waals surface area contributed by atoms with Crippen molar-refractivity contribution in [2.45, 2.75) is 38.5 Å². The molecule has 0 amide bonds. The first-order valence-corrected chi connectivity index (χ1v) is 4.49. The van der Waals surface area contributed by atoms with Crippen LogP contribution in [0, 0.1) is 11.8 Å². The van der Waals surface area contributed by atoms with E-state index in [1.807, 2.05) is 0 Å². The summed E-state index contributed by atoms with van der Waals surface area (Å²) in [4.78, 5) is 0. The lowest BCUT2D eigenvalue weighted by molar-refractivity contribution is 0.533. The van der Waals surface area contributed by atoms with E-state index < -0.39 is 0 Å². The molecule has 2 aliphatic carbocycles. The number of fused-ring (bicyclic) bond motifs is 1. The number of hydrogen-bond acceptors (Lipinski definition) is 0. The summed E-state index contributed by atoms with van der Waals surface area (Å²) >= 11 is 0. The largest absolute Gasteiger partial charge is 0.0879 e. The van der Waals surface area contributed by atoms with Gasteiger partial charge < -0.3 is 0 Å². The molecule has 0 N–H and O–H groups in total. The summed E-state index contributed by atoms with van der Waals surface area (Å²) in [6.07, 6.45) is 13.3. The van der Waals surface area contributed by atoms with Crippen LogP contribution < -0.4 is 0 Å². The van der Waals surface area contributed by atoms with Crippen LogP contribution in [0.2, 0.25) is 0 Å². The average Bonchev–Trinajstić information content (AvgIpc) is 2.28. The van der Waals surface area contributed by atoms with Gasteiger partial charge in [0.15, 0.2) is 0 Å². The summed E-state index contributed by atoms with van der Waals surface area (Å²) in [5, 5.41) is 0. The van der Waals surface area contributed by atoms with Gasteiger partial charge in [0.25, 0.3) is 0 Å². The van der Waals surface area contributed by atoms with Crippen molar-refractivity contribution in [1.82, 2.24) is 0 Å². The fourth-order valence-corrected chi connectivity index (χ4v) is 2.21. The molecule has 0 saturated heterocycles. The van der Waals surface area contributed by atoms with Crippen LogP contribution in [-0.4, -0.2) is 0 Å². The quantitative estimate of drug-likeness (QED) is 0.479. The summed E-state index contributed by atoms with van der Waals surface area (Å²) in [5.74, 6) is 2.73. The minimum Gasteiger partial charge on any atom is -0.0879 e. The maximum atomic E-state index is 2.39. The van der Waals surface area contributed by atoms with Crippen LogP contribution in [0.4, 0.5) is 0 Å². The molecule has 0 aromatic heterocycles. The van der Waals surface area contributed by atoms with Gasteiger partial charge in [-0.2, -0.15) is 0 Å². The molecular formula is C10H15. The Morgan fingerprint density at radius 1 is 1.20 bits per heavy atom. The Bertz CT molecular complexity index is 135. The molecule has 0 aromatic rings. The van der Waals surface area contributed by atoms with Crippen LogP contribution in [-0.2, 0) is 0 Å². The molecule has 0 spiro atoms. The highest BCUT2D eigenvalue weighted by molar-refractivity contribution is 5.17. The van der Waals surface area contributed by atoms with Gasteiger partial charge in [-0.25, -0.2) is 0 Å². The Morgan fingerprint density at radius 2 is 2.10 bits per heavy atom. The van der Waals surface area contributed by atoms with E-state index in [0.717, 1.165) is 5.92 Å². The van der Waals surface area contributed by atoms with Gasteiger partial charge in [-0.1, -0.05) is 18.6 Å². The lowest BCUT2D eigenvalue weighted by atomic mass is 9.93. The van der Waals surface area contributed by atoms with Gasteiger partial charge in [-0.15, -0.1) is 0 Å². The standard InChI is InChI=1S/C10H15/c1-2-5-9-7-4-8-10(9)6-3-1/h2,5,10H,1,3-4,6-8H2. The lowest BCUT2D eigenvalue weighted by Gasteiger charge is -2.11. The highest BCUT2D eigenvalue weighted by Crippen LogP contribution is 2.39. The smallest absolute Gasteiger partial charge is 0.000354 e. The third-order valence-electron chi connectivity index (χ3n) is 2.80. The van der Waals surface area contributed by atoms with E-state index >= 15 is 0 Å². The maximum absolute atomic E-state index is 2.39. The molecule has 0 bridgehead atoms. The SMILES string of the molecule is C1=C[C]2CCCC2CCC1. The molecule has 1 fully saturated rings. The summed E-state index contributed by atoms with van der Waals surface area (Å²) < 4.78 is 0.